The zero-order chi connectivity index (χ0) is 15.8. The minimum absolute atomic E-state index is 0.371. The molecule has 0 aliphatic carbocycles. The van der Waals surface area contributed by atoms with E-state index in [-0.39, 0.29) is 6.03 Å². The highest BCUT2D eigenvalue weighted by atomic mass is 32.2. The highest BCUT2D eigenvalue weighted by Gasteiger charge is 2.21. The molecule has 0 aromatic heterocycles. The van der Waals surface area contributed by atoms with E-state index in [2.05, 4.69) is 5.32 Å². The van der Waals surface area contributed by atoms with Crippen LogP contribution in [0.1, 0.15) is 17.5 Å². The highest BCUT2D eigenvalue weighted by Crippen LogP contribution is 2.07. The minimum atomic E-state index is -0.999. The minimum Gasteiger partial charge on any atom is -0.480 e. The molecule has 0 radical (unpaired) electrons. The summed E-state index contributed by atoms with van der Waals surface area (Å²) in [5, 5.41) is 11.7. The Morgan fingerprint density at radius 1 is 1.33 bits per heavy atom. The third-order valence-corrected chi connectivity index (χ3v) is 3.74. The number of hydrogen-bond acceptors (Lipinski definition) is 3. The van der Waals surface area contributed by atoms with Crippen LogP contribution in [-0.2, 0) is 11.3 Å². The number of thioether (sulfide) groups is 1. The van der Waals surface area contributed by atoms with Gasteiger partial charge in [0.15, 0.2) is 0 Å². The van der Waals surface area contributed by atoms with Crippen molar-refractivity contribution in [2.24, 2.45) is 0 Å². The van der Waals surface area contributed by atoms with Gasteiger partial charge in [0.05, 0.1) is 0 Å². The number of aryl methyl sites for hydroxylation is 1. The van der Waals surface area contributed by atoms with Crippen LogP contribution in [0.5, 0.6) is 0 Å². The van der Waals surface area contributed by atoms with E-state index in [0.29, 0.717) is 18.7 Å². The lowest BCUT2D eigenvalue weighted by atomic mass is 10.1. The first kappa shape index (κ1) is 17.4. The van der Waals surface area contributed by atoms with Crippen molar-refractivity contribution in [2.45, 2.75) is 25.9 Å². The fourth-order valence-electron chi connectivity index (χ4n) is 1.79. The van der Waals surface area contributed by atoms with Gasteiger partial charge in [-0.3, -0.25) is 0 Å². The number of amides is 2. The second kappa shape index (κ2) is 8.56. The number of benzene rings is 1. The van der Waals surface area contributed by atoms with Crippen LogP contribution in [0.25, 0.3) is 0 Å². The van der Waals surface area contributed by atoms with Crippen LogP contribution >= 0.6 is 11.8 Å². The molecule has 0 aliphatic heterocycles. The molecule has 1 aromatic carbocycles. The molecule has 5 nitrogen and oxygen atoms in total. The molecule has 0 aliphatic rings. The number of nitrogens with one attached hydrogen (secondary N) is 1. The normalized spacial score (nSPS) is 11.8. The summed E-state index contributed by atoms with van der Waals surface area (Å²) in [6.07, 6.45) is 2.32. The molecule has 2 N–H and O–H groups in total. The van der Waals surface area contributed by atoms with Gasteiger partial charge in [0, 0.05) is 13.6 Å². The molecule has 0 bridgehead atoms. The molecule has 1 aromatic rings. The van der Waals surface area contributed by atoms with Gasteiger partial charge in [-0.1, -0.05) is 29.8 Å². The molecule has 1 rings (SSSR count). The molecule has 0 unspecified atom stereocenters. The van der Waals surface area contributed by atoms with Crippen molar-refractivity contribution in [3.8, 4) is 0 Å². The molecule has 0 spiro atoms. The first-order valence-corrected chi connectivity index (χ1v) is 8.12. The topological polar surface area (TPSA) is 69.6 Å². The van der Waals surface area contributed by atoms with E-state index in [1.54, 1.807) is 18.8 Å². The van der Waals surface area contributed by atoms with Crippen LogP contribution in [0.15, 0.2) is 24.3 Å². The van der Waals surface area contributed by atoms with Crippen molar-refractivity contribution >= 4 is 23.8 Å². The fraction of sp³-hybridized carbons (Fsp3) is 0.467. The maximum absolute atomic E-state index is 12.0. The zero-order valence-corrected chi connectivity index (χ0v) is 13.4. The van der Waals surface area contributed by atoms with E-state index in [1.807, 2.05) is 37.4 Å². The number of carbonyl (C=O) groups is 2. The number of hydrogen-bond donors (Lipinski definition) is 2. The summed E-state index contributed by atoms with van der Waals surface area (Å²) in [5.41, 5.74) is 2.17. The third kappa shape index (κ3) is 6.08. The lowest BCUT2D eigenvalue weighted by Crippen LogP contribution is -2.46. The lowest BCUT2D eigenvalue weighted by molar-refractivity contribution is -0.139. The van der Waals surface area contributed by atoms with Crippen molar-refractivity contribution in [2.75, 3.05) is 19.1 Å². The van der Waals surface area contributed by atoms with E-state index in [1.165, 1.54) is 4.90 Å². The molecule has 0 saturated carbocycles. The lowest BCUT2D eigenvalue weighted by Gasteiger charge is -2.21. The SMILES string of the molecule is CSCC[C@H](NC(=O)N(C)Cc1ccc(C)cc1)C(=O)O. The van der Waals surface area contributed by atoms with Crippen LogP contribution < -0.4 is 5.32 Å². The van der Waals surface area contributed by atoms with Crippen molar-refractivity contribution in [3.63, 3.8) is 0 Å². The Labute approximate surface area is 129 Å². The Morgan fingerprint density at radius 2 is 1.95 bits per heavy atom. The van der Waals surface area contributed by atoms with Gasteiger partial charge in [-0.05, 0) is 30.9 Å². The molecule has 0 saturated heterocycles. The molecule has 1 atom stereocenters. The van der Waals surface area contributed by atoms with Gasteiger partial charge < -0.3 is 15.3 Å². The molecule has 6 heteroatoms. The zero-order valence-electron chi connectivity index (χ0n) is 12.6. The summed E-state index contributed by atoms with van der Waals surface area (Å²) in [5.74, 6) is -0.306. The molecule has 0 heterocycles. The summed E-state index contributed by atoms with van der Waals surface area (Å²) < 4.78 is 0. The van der Waals surface area contributed by atoms with E-state index >= 15 is 0 Å². The number of rotatable bonds is 7. The summed E-state index contributed by atoms with van der Waals surface area (Å²) in [4.78, 5) is 24.6. The fourth-order valence-corrected chi connectivity index (χ4v) is 2.26. The molecule has 2 amide bonds. The predicted molar refractivity (Wildman–Crippen MR) is 85.6 cm³/mol. The average Bonchev–Trinajstić information content (AvgIpc) is 2.45. The van der Waals surface area contributed by atoms with Gasteiger partial charge in [-0.15, -0.1) is 0 Å². The predicted octanol–water partition coefficient (Wildman–Crippen LogP) is 2.34. The largest absolute Gasteiger partial charge is 0.480 e. The average molecular weight is 310 g/mol. The third-order valence-electron chi connectivity index (χ3n) is 3.09. The van der Waals surface area contributed by atoms with Crippen LogP contribution in [0, 0.1) is 6.92 Å². The number of aliphatic carboxylic acids is 1. The summed E-state index contributed by atoms with van der Waals surface area (Å²) >= 11 is 1.56. The first-order chi connectivity index (χ1) is 9.93. The van der Waals surface area contributed by atoms with E-state index < -0.39 is 12.0 Å². The Morgan fingerprint density at radius 3 is 2.48 bits per heavy atom. The Kier molecular flexibility index (Phi) is 7.08. The Balaban J connectivity index is 2.56. The van der Waals surface area contributed by atoms with Crippen LogP contribution in [0.3, 0.4) is 0 Å². The maximum atomic E-state index is 12.0. The molecule has 116 valence electrons. The van der Waals surface area contributed by atoms with Crippen molar-refractivity contribution in [3.05, 3.63) is 35.4 Å². The quantitative estimate of drug-likeness (QED) is 0.811. The summed E-state index contributed by atoms with van der Waals surface area (Å²) in [7, 11) is 1.66. The summed E-state index contributed by atoms with van der Waals surface area (Å²) in [6.45, 7) is 2.45. The second-order valence-electron chi connectivity index (χ2n) is 4.96. The second-order valence-corrected chi connectivity index (χ2v) is 5.95. The maximum Gasteiger partial charge on any atom is 0.326 e. The smallest absolute Gasteiger partial charge is 0.326 e. The van der Waals surface area contributed by atoms with Gasteiger partial charge in [0.1, 0.15) is 6.04 Å². The Hall–Kier alpha value is -1.69. The number of urea groups is 1. The van der Waals surface area contributed by atoms with Gasteiger partial charge in [0.2, 0.25) is 0 Å². The number of nitrogens with zero attached hydrogens (tertiary/aromatic N) is 1. The van der Waals surface area contributed by atoms with Crippen LogP contribution in [-0.4, -0.2) is 47.1 Å². The number of carboxylic acids is 1. The van der Waals surface area contributed by atoms with Crippen molar-refractivity contribution in [1.29, 1.82) is 0 Å². The van der Waals surface area contributed by atoms with E-state index in [0.717, 1.165) is 11.1 Å². The van der Waals surface area contributed by atoms with Crippen LogP contribution in [0.4, 0.5) is 4.79 Å². The molecule has 21 heavy (non-hydrogen) atoms. The monoisotopic (exact) mass is 310 g/mol. The van der Waals surface area contributed by atoms with Crippen molar-refractivity contribution < 1.29 is 14.7 Å². The standard InChI is InChI=1S/C15H22N2O3S/c1-11-4-6-12(7-5-11)10-17(2)15(20)16-13(14(18)19)8-9-21-3/h4-7,13H,8-10H2,1-3H3,(H,16,20)(H,18,19)/t13-/m0/s1. The van der Waals surface area contributed by atoms with E-state index in [4.69, 9.17) is 5.11 Å². The molecular weight excluding hydrogens is 288 g/mol. The van der Waals surface area contributed by atoms with Gasteiger partial charge in [-0.25, -0.2) is 9.59 Å². The van der Waals surface area contributed by atoms with Gasteiger partial charge >= 0.3 is 12.0 Å². The summed E-state index contributed by atoms with van der Waals surface area (Å²) in [6, 6.07) is 6.68. The van der Waals surface area contributed by atoms with E-state index in [9.17, 15) is 9.59 Å². The van der Waals surface area contributed by atoms with Gasteiger partial charge in [-0.2, -0.15) is 11.8 Å². The Bertz CT molecular complexity index is 476. The van der Waals surface area contributed by atoms with Crippen LogP contribution in [0.2, 0.25) is 0 Å². The number of carbonyl (C=O) groups excluding carboxylic acids is 1. The number of carboxylic acid groups (broad SMARTS) is 1. The molecule has 0 fully saturated rings. The first-order valence-electron chi connectivity index (χ1n) is 6.73. The highest BCUT2D eigenvalue weighted by molar-refractivity contribution is 7.98. The molecular formula is C15H22N2O3S. The van der Waals surface area contributed by atoms with Gasteiger partial charge in [0.25, 0.3) is 0 Å². The van der Waals surface area contributed by atoms with Crippen molar-refractivity contribution in [1.82, 2.24) is 10.2 Å².